The zero-order valence-electron chi connectivity index (χ0n) is 22.5. The lowest BCUT2D eigenvalue weighted by Gasteiger charge is -2.51. The van der Waals surface area contributed by atoms with Gasteiger partial charge in [0.05, 0.1) is 12.8 Å². The molecule has 0 spiro atoms. The highest BCUT2D eigenvalue weighted by molar-refractivity contribution is 5.72. The summed E-state index contributed by atoms with van der Waals surface area (Å²) in [5.41, 5.74) is -0.0766. The van der Waals surface area contributed by atoms with E-state index in [1.807, 2.05) is 0 Å². The first-order valence-electron chi connectivity index (χ1n) is 11.4. The molecule has 0 N–H and O–H groups in total. The molecule has 4 heteroatoms. The molecular formula is C26H50O4. The van der Waals surface area contributed by atoms with Crippen molar-refractivity contribution in [3.63, 3.8) is 0 Å². The highest BCUT2D eigenvalue weighted by Crippen LogP contribution is 2.55. The molecule has 0 amide bonds. The van der Waals surface area contributed by atoms with Gasteiger partial charge in [0, 0.05) is 0 Å². The monoisotopic (exact) mass is 426 g/mol. The number of hydrogen-bond acceptors (Lipinski definition) is 4. The summed E-state index contributed by atoms with van der Waals surface area (Å²) in [6, 6.07) is 0. The third kappa shape index (κ3) is 6.72. The second-order valence-electron chi connectivity index (χ2n) is 13.6. The zero-order valence-corrected chi connectivity index (χ0v) is 22.5. The average Bonchev–Trinajstić information content (AvgIpc) is 2.51. The molecule has 0 atom stereocenters. The Balaban J connectivity index is 4.86. The molecule has 30 heavy (non-hydrogen) atoms. The maximum Gasteiger partial charge on any atom is 0.355 e. The molecule has 0 aliphatic rings. The minimum Gasteiger partial charge on any atom is -0.247 e. The molecule has 4 nitrogen and oxygen atoms in total. The van der Waals surface area contributed by atoms with Gasteiger partial charge in [-0.2, -0.15) is 0 Å². The lowest BCUT2D eigenvalue weighted by molar-refractivity contribution is -0.260. The molecule has 0 aromatic rings. The first-order chi connectivity index (χ1) is 13.0. The van der Waals surface area contributed by atoms with Crippen molar-refractivity contribution >= 4 is 11.9 Å². The molecule has 0 heterocycles. The van der Waals surface area contributed by atoms with Crippen LogP contribution in [0.2, 0.25) is 0 Å². The van der Waals surface area contributed by atoms with Gasteiger partial charge in [-0.05, 0) is 45.3 Å². The smallest absolute Gasteiger partial charge is 0.247 e. The SMILES string of the molecule is CC(C)(C)C(C)(CCC(=O)OOC(=O)CCC(C)(C(C)(C)C)C(C)(C)C)C(C)(C)C. The normalized spacial score (nSPS) is 14.5. The van der Waals surface area contributed by atoms with Gasteiger partial charge in [0.2, 0.25) is 0 Å². The van der Waals surface area contributed by atoms with Crippen LogP contribution in [0.1, 0.15) is 123 Å². The van der Waals surface area contributed by atoms with Crippen LogP contribution < -0.4 is 0 Å². The molecule has 0 aliphatic carbocycles. The quantitative estimate of drug-likeness (QED) is 0.322. The molecule has 0 bridgehead atoms. The Hall–Kier alpha value is -1.06. The third-order valence-electron chi connectivity index (χ3n) is 8.51. The minimum absolute atomic E-state index is 0.0204. The van der Waals surface area contributed by atoms with Crippen molar-refractivity contribution in [1.29, 1.82) is 0 Å². The van der Waals surface area contributed by atoms with E-state index in [0.29, 0.717) is 12.8 Å². The molecule has 0 aliphatic heterocycles. The van der Waals surface area contributed by atoms with Crippen LogP contribution in [0.25, 0.3) is 0 Å². The van der Waals surface area contributed by atoms with E-state index in [0.717, 1.165) is 0 Å². The summed E-state index contributed by atoms with van der Waals surface area (Å²) in [6.07, 6.45) is 1.78. The lowest BCUT2D eigenvalue weighted by Crippen LogP contribution is -2.44. The maximum absolute atomic E-state index is 12.3. The van der Waals surface area contributed by atoms with Gasteiger partial charge in [0.15, 0.2) is 0 Å². The average molecular weight is 427 g/mol. The Morgan fingerprint density at radius 3 is 0.833 bits per heavy atom. The molecule has 0 rings (SSSR count). The fourth-order valence-corrected chi connectivity index (χ4v) is 4.63. The summed E-state index contributed by atoms with van der Waals surface area (Å²) >= 11 is 0. The van der Waals surface area contributed by atoms with Crippen LogP contribution in [0, 0.1) is 32.5 Å². The molecule has 0 fully saturated rings. The summed E-state index contributed by atoms with van der Waals surface area (Å²) in [5.74, 6) is -0.977. The van der Waals surface area contributed by atoms with Gasteiger partial charge in [0.1, 0.15) is 0 Å². The molecular weight excluding hydrogens is 376 g/mol. The van der Waals surface area contributed by atoms with Gasteiger partial charge in [-0.15, -0.1) is 0 Å². The number of carbonyl (C=O) groups is 2. The van der Waals surface area contributed by atoms with Crippen LogP contribution >= 0.6 is 0 Å². The molecule has 0 saturated carbocycles. The van der Waals surface area contributed by atoms with E-state index < -0.39 is 11.9 Å². The van der Waals surface area contributed by atoms with Gasteiger partial charge in [0.25, 0.3) is 0 Å². The highest BCUT2D eigenvalue weighted by Gasteiger charge is 2.47. The van der Waals surface area contributed by atoms with Crippen molar-refractivity contribution in [3.05, 3.63) is 0 Å². The highest BCUT2D eigenvalue weighted by atomic mass is 17.2. The predicted molar refractivity (Wildman–Crippen MR) is 125 cm³/mol. The lowest BCUT2D eigenvalue weighted by atomic mass is 9.53. The third-order valence-corrected chi connectivity index (χ3v) is 8.51. The molecule has 0 radical (unpaired) electrons. The summed E-state index contributed by atoms with van der Waals surface area (Å²) in [4.78, 5) is 34.3. The van der Waals surface area contributed by atoms with E-state index in [-0.39, 0.29) is 45.3 Å². The van der Waals surface area contributed by atoms with Crippen LogP contribution in [0.5, 0.6) is 0 Å². The Morgan fingerprint density at radius 1 is 0.467 bits per heavy atom. The Kier molecular flexibility index (Phi) is 8.88. The van der Waals surface area contributed by atoms with Crippen LogP contribution in [0.3, 0.4) is 0 Å². The summed E-state index contributed by atoms with van der Waals surface area (Å²) in [5, 5.41) is 0. The van der Waals surface area contributed by atoms with Gasteiger partial charge in [-0.1, -0.05) is 96.9 Å². The summed E-state index contributed by atoms with van der Waals surface area (Å²) < 4.78 is 0. The van der Waals surface area contributed by atoms with Gasteiger partial charge >= 0.3 is 11.9 Å². The van der Waals surface area contributed by atoms with E-state index in [1.54, 1.807) is 0 Å². The topological polar surface area (TPSA) is 52.6 Å². The van der Waals surface area contributed by atoms with Gasteiger partial charge in [-0.3, -0.25) is 0 Å². The van der Waals surface area contributed by atoms with Crippen molar-refractivity contribution in [2.24, 2.45) is 32.5 Å². The minimum atomic E-state index is -0.488. The predicted octanol–water partition coefficient (Wildman–Crippen LogP) is 7.75. The zero-order chi connectivity index (χ0) is 24.4. The van der Waals surface area contributed by atoms with Gasteiger partial charge in [-0.25, -0.2) is 19.4 Å². The molecule has 0 saturated heterocycles. The van der Waals surface area contributed by atoms with Crippen molar-refractivity contribution in [1.82, 2.24) is 0 Å². The first-order valence-corrected chi connectivity index (χ1v) is 11.4. The van der Waals surface area contributed by atoms with Crippen LogP contribution in [-0.2, 0) is 19.4 Å². The Morgan fingerprint density at radius 2 is 0.667 bits per heavy atom. The fraction of sp³-hybridized carbons (Fsp3) is 0.923. The fourth-order valence-electron chi connectivity index (χ4n) is 4.63. The molecule has 178 valence electrons. The van der Waals surface area contributed by atoms with Crippen molar-refractivity contribution in [2.45, 2.75) is 123 Å². The van der Waals surface area contributed by atoms with E-state index in [4.69, 9.17) is 9.78 Å². The Labute approximate surface area is 186 Å². The number of rotatable bonds is 6. The van der Waals surface area contributed by atoms with Crippen LogP contribution in [0.4, 0.5) is 0 Å². The molecule has 0 aromatic heterocycles. The number of hydrogen-bond donors (Lipinski definition) is 0. The maximum atomic E-state index is 12.3. The number of carbonyl (C=O) groups excluding carboxylic acids is 2. The largest absolute Gasteiger partial charge is 0.355 e. The van der Waals surface area contributed by atoms with Crippen LogP contribution in [0.15, 0.2) is 0 Å². The van der Waals surface area contributed by atoms with E-state index >= 15 is 0 Å². The van der Waals surface area contributed by atoms with Crippen molar-refractivity contribution in [2.75, 3.05) is 0 Å². The van der Waals surface area contributed by atoms with Crippen molar-refractivity contribution in [3.8, 4) is 0 Å². The second kappa shape index (κ2) is 9.20. The van der Waals surface area contributed by atoms with Crippen molar-refractivity contribution < 1.29 is 19.4 Å². The first kappa shape index (κ1) is 28.9. The summed E-state index contributed by atoms with van der Waals surface area (Å²) in [6.45, 7) is 30.8. The summed E-state index contributed by atoms with van der Waals surface area (Å²) in [7, 11) is 0. The molecule has 0 unspecified atom stereocenters. The van der Waals surface area contributed by atoms with Gasteiger partial charge < -0.3 is 0 Å². The Bertz CT molecular complexity index is 506. The van der Waals surface area contributed by atoms with E-state index in [9.17, 15) is 9.59 Å². The second-order valence-corrected chi connectivity index (χ2v) is 13.6. The molecule has 0 aromatic carbocycles. The van der Waals surface area contributed by atoms with Crippen LogP contribution in [-0.4, -0.2) is 11.9 Å². The van der Waals surface area contributed by atoms with E-state index in [1.165, 1.54) is 0 Å². The standard InChI is InChI=1S/C26H50O4/c1-21(2,3)25(13,22(4,5)6)17-15-19(27)29-30-20(28)16-18-26(14,23(7,8)9)24(10,11)12/h15-18H2,1-14H3. The van der Waals surface area contributed by atoms with E-state index in [2.05, 4.69) is 96.9 Å².